The SMILES string of the molecule is COc1ccc(C2(OC(=O)NC(CC(C)C)C(=O)O)OC(=O)C(c3ccc4c(c3)OCO4)=C2Cc2cc(OC)c(OC)c(OC)c2)cc1. The first-order valence-corrected chi connectivity index (χ1v) is 15.1. The molecule has 0 saturated carbocycles. The van der Waals surface area contributed by atoms with Crippen LogP contribution in [-0.4, -0.2) is 64.4 Å². The van der Waals surface area contributed by atoms with Crippen molar-refractivity contribution in [3.8, 4) is 34.5 Å². The van der Waals surface area contributed by atoms with Gasteiger partial charge in [0.1, 0.15) is 11.8 Å². The van der Waals surface area contributed by atoms with E-state index in [2.05, 4.69) is 5.32 Å². The van der Waals surface area contributed by atoms with Crippen molar-refractivity contribution in [3.63, 3.8) is 0 Å². The highest BCUT2D eigenvalue weighted by Gasteiger charge is 2.53. The maximum atomic E-state index is 14.0. The summed E-state index contributed by atoms with van der Waals surface area (Å²) in [6, 6.07) is 13.6. The van der Waals surface area contributed by atoms with Gasteiger partial charge in [-0.15, -0.1) is 0 Å². The number of esters is 1. The summed E-state index contributed by atoms with van der Waals surface area (Å²) in [4.78, 5) is 39.7. The predicted octanol–water partition coefficient (Wildman–Crippen LogP) is 5.08. The number of methoxy groups -OCH3 is 4. The average molecular weight is 664 g/mol. The summed E-state index contributed by atoms with van der Waals surface area (Å²) in [5, 5.41) is 12.3. The molecule has 0 fully saturated rings. The van der Waals surface area contributed by atoms with Crippen LogP contribution in [0.15, 0.2) is 60.2 Å². The quantitative estimate of drug-likeness (QED) is 0.234. The number of carbonyl (C=O) groups is 3. The van der Waals surface area contributed by atoms with Gasteiger partial charge in [-0.1, -0.05) is 19.9 Å². The van der Waals surface area contributed by atoms with Crippen LogP contribution in [0.1, 0.15) is 37.0 Å². The van der Waals surface area contributed by atoms with Gasteiger partial charge in [-0.05, 0) is 72.0 Å². The Morgan fingerprint density at radius 3 is 2.15 bits per heavy atom. The highest BCUT2D eigenvalue weighted by Crippen LogP contribution is 2.50. The first kappa shape index (κ1) is 33.8. The Bertz CT molecular complexity index is 1710. The second-order valence-corrected chi connectivity index (χ2v) is 11.4. The van der Waals surface area contributed by atoms with E-state index in [1.165, 1.54) is 28.4 Å². The van der Waals surface area contributed by atoms with Gasteiger partial charge in [-0.25, -0.2) is 14.4 Å². The molecule has 2 aliphatic rings. The minimum absolute atomic E-state index is 0.0146. The number of ether oxygens (including phenoxy) is 8. The van der Waals surface area contributed by atoms with Crippen molar-refractivity contribution in [2.45, 2.75) is 38.5 Å². The molecular weight excluding hydrogens is 626 g/mol. The molecule has 0 radical (unpaired) electrons. The lowest BCUT2D eigenvalue weighted by Crippen LogP contribution is -2.46. The van der Waals surface area contributed by atoms with Crippen LogP contribution in [0.25, 0.3) is 5.57 Å². The zero-order valence-corrected chi connectivity index (χ0v) is 27.4. The lowest BCUT2D eigenvalue weighted by molar-refractivity contribution is -0.185. The van der Waals surface area contributed by atoms with Crippen molar-refractivity contribution >= 4 is 23.6 Å². The molecule has 0 aliphatic carbocycles. The lowest BCUT2D eigenvalue weighted by Gasteiger charge is -2.32. The first-order valence-electron chi connectivity index (χ1n) is 15.1. The third-order valence-corrected chi connectivity index (χ3v) is 7.91. The summed E-state index contributed by atoms with van der Waals surface area (Å²) in [7, 11) is 5.94. The van der Waals surface area contributed by atoms with Crippen LogP contribution in [0.2, 0.25) is 0 Å². The Kier molecular flexibility index (Phi) is 9.87. The van der Waals surface area contributed by atoms with Gasteiger partial charge in [0.15, 0.2) is 23.0 Å². The molecule has 0 aromatic heterocycles. The minimum Gasteiger partial charge on any atom is -0.497 e. The average Bonchev–Trinajstić information content (AvgIpc) is 3.65. The molecule has 13 nitrogen and oxygen atoms in total. The number of cyclic esters (lactones) is 1. The van der Waals surface area contributed by atoms with Crippen LogP contribution in [0.5, 0.6) is 34.5 Å². The van der Waals surface area contributed by atoms with Gasteiger partial charge in [0.25, 0.3) is 0 Å². The Hall–Kier alpha value is -5.59. The topological polar surface area (TPSA) is 157 Å². The molecule has 0 spiro atoms. The van der Waals surface area contributed by atoms with Crippen molar-refractivity contribution in [2.24, 2.45) is 5.92 Å². The molecule has 0 bridgehead atoms. The molecule has 3 aromatic carbocycles. The fourth-order valence-electron chi connectivity index (χ4n) is 5.70. The highest BCUT2D eigenvalue weighted by atomic mass is 16.7. The minimum atomic E-state index is -2.15. The second kappa shape index (κ2) is 14.0. The zero-order chi connectivity index (χ0) is 34.6. The number of nitrogens with one attached hydrogen (secondary N) is 1. The molecule has 13 heteroatoms. The Morgan fingerprint density at radius 1 is 0.896 bits per heavy atom. The van der Waals surface area contributed by atoms with E-state index < -0.39 is 29.9 Å². The maximum Gasteiger partial charge on any atom is 0.411 e. The van der Waals surface area contributed by atoms with Crippen molar-refractivity contribution in [1.82, 2.24) is 5.32 Å². The van der Waals surface area contributed by atoms with E-state index in [-0.39, 0.29) is 42.3 Å². The van der Waals surface area contributed by atoms with Crippen molar-refractivity contribution in [3.05, 3.63) is 76.9 Å². The fraction of sp³-hybridized carbons (Fsp3) is 0.343. The smallest absolute Gasteiger partial charge is 0.411 e. The van der Waals surface area contributed by atoms with Gasteiger partial charge in [0.05, 0.1) is 34.0 Å². The number of benzene rings is 3. The number of hydrogen-bond donors (Lipinski definition) is 2. The zero-order valence-electron chi connectivity index (χ0n) is 27.4. The number of carboxylic acids is 1. The normalized spacial score (nSPS) is 17.1. The molecule has 2 atom stereocenters. The lowest BCUT2D eigenvalue weighted by atomic mass is 9.87. The summed E-state index contributed by atoms with van der Waals surface area (Å²) in [6.07, 6.45) is -1.00. The van der Waals surface area contributed by atoms with Gasteiger partial charge in [-0.2, -0.15) is 0 Å². The molecular formula is C35H37NO12. The van der Waals surface area contributed by atoms with E-state index in [0.717, 1.165) is 0 Å². The number of rotatable bonds is 13. The molecule has 2 aliphatic heterocycles. The standard InChI is InChI=1S/C35H37NO12/c1-19(2)13-25(32(37)38)36-34(40)48-35(22-8-10-23(41-3)11-9-22)24(14-20-15-28(42-4)31(44-6)29(16-20)43-5)30(33(39)47-35)21-7-12-26-27(17-21)46-18-45-26/h7-12,15-17,19,25H,13-14,18H2,1-6H3,(H,36,40)(H,37,38). The third kappa shape index (κ3) is 6.61. The van der Waals surface area contributed by atoms with Crippen molar-refractivity contribution in [2.75, 3.05) is 35.2 Å². The van der Waals surface area contributed by atoms with Crippen LogP contribution >= 0.6 is 0 Å². The first-order chi connectivity index (χ1) is 23.0. The maximum absolute atomic E-state index is 14.0. The predicted molar refractivity (Wildman–Crippen MR) is 171 cm³/mol. The number of carboxylic acid groups (broad SMARTS) is 1. The third-order valence-electron chi connectivity index (χ3n) is 7.91. The van der Waals surface area contributed by atoms with Gasteiger partial charge in [-0.3, -0.25) is 0 Å². The number of hydrogen-bond acceptors (Lipinski definition) is 11. The van der Waals surface area contributed by atoms with Gasteiger partial charge < -0.3 is 48.3 Å². The summed E-state index contributed by atoms with van der Waals surface area (Å²) in [6.45, 7) is 3.67. The number of alkyl carbamates (subject to hydrolysis) is 1. The summed E-state index contributed by atoms with van der Waals surface area (Å²) >= 11 is 0. The van der Waals surface area contributed by atoms with Gasteiger partial charge in [0.2, 0.25) is 12.5 Å². The molecule has 0 saturated heterocycles. The monoisotopic (exact) mass is 663 g/mol. The van der Waals surface area contributed by atoms with Crippen molar-refractivity contribution in [1.29, 1.82) is 0 Å². The second-order valence-electron chi connectivity index (χ2n) is 11.4. The van der Waals surface area contributed by atoms with Gasteiger partial charge in [0, 0.05) is 17.6 Å². The molecule has 2 N–H and O–H groups in total. The van der Waals surface area contributed by atoms with E-state index in [0.29, 0.717) is 45.6 Å². The van der Waals surface area contributed by atoms with Crippen LogP contribution in [0.3, 0.4) is 0 Å². The molecule has 3 aromatic rings. The van der Waals surface area contributed by atoms with Crippen LogP contribution in [0, 0.1) is 5.92 Å². The number of carbonyl (C=O) groups excluding carboxylic acids is 2. The van der Waals surface area contributed by atoms with Crippen LogP contribution in [-0.2, 0) is 31.3 Å². The Morgan fingerprint density at radius 2 is 1.56 bits per heavy atom. The van der Waals surface area contributed by atoms with E-state index >= 15 is 0 Å². The molecule has 254 valence electrons. The highest BCUT2D eigenvalue weighted by molar-refractivity contribution is 6.20. The summed E-state index contributed by atoms with van der Waals surface area (Å²) in [5.41, 5.74) is 1.59. The van der Waals surface area contributed by atoms with Crippen molar-refractivity contribution < 1.29 is 57.4 Å². The molecule has 2 heterocycles. The summed E-state index contributed by atoms with van der Waals surface area (Å²) < 4.78 is 45.2. The van der Waals surface area contributed by atoms with Crippen LogP contribution in [0.4, 0.5) is 4.79 Å². The number of aliphatic carboxylic acids is 1. The van der Waals surface area contributed by atoms with E-state index in [9.17, 15) is 19.5 Å². The van der Waals surface area contributed by atoms with E-state index in [1.807, 2.05) is 13.8 Å². The molecule has 48 heavy (non-hydrogen) atoms. The Balaban J connectivity index is 1.72. The molecule has 5 rings (SSSR count). The van der Waals surface area contributed by atoms with Crippen LogP contribution < -0.4 is 33.7 Å². The fourth-order valence-corrected chi connectivity index (χ4v) is 5.70. The molecule has 2 unspecified atom stereocenters. The van der Waals surface area contributed by atoms with Gasteiger partial charge >= 0.3 is 23.8 Å². The Labute approximate surface area is 277 Å². The molecule has 1 amide bonds. The van der Waals surface area contributed by atoms with E-state index in [1.54, 1.807) is 54.6 Å². The number of fused-ring (bicyclic) bond motifs is 1. The largest absolute Gasteiger partial charge is 0.497 e. The summed E-state index contributed by atoms with van der Waals surface area (Å²) in [5.74, 6) is -1.76. The number of amides is 1. The van der Waals surface area contributed by atoms with E-state index in [4.69, 9.17) is 37.9 Å².